The molecule has 0 aliphatic heterocycles. The number of nitrogens with zero attached hydrogens (tertiary/aromatic N) is 4. The number of fused-ring (bicyclic) bond motifs is 1. The van der Waals surface area contributed by atoms with Crippen molar-refractivity contribution in [2.75, 3.05) is 5.73 Å². The van der Waals surface area contributed by atoms with Gasteiger partial charge in [-0.15, -0.1) is 0 Å². The van der Waals surface area contributed by atoms with Crippen molar-refractivity contribution in [2.24, 2.45) is 7.05 Å². The van der Waals surface area contributed by atoms with E-state index in [-0.39, 0.29) is 16.4 Å². The molecule has 0 atom stereocenters. The van der Waals surface area contributed by atoms with Gasteiger partial charge in [0.25, 0.3) is 5.56 Å². The third-order valence-corrected chi connectivity index (χ3v) is 3.48. The highest BCUT2D eigenvalue weighted by atomic mass is 35.5. The lowest BCUT2D eigenvalue weighted by Gasteiger charge is -2.05. The normalized spacial score (nSPS) is 11.1. The number of aryl methyl sites for hydroxylation is 1. The first-order valence-corrected chi connectivity index (χ1v) is 6.36. The highest BCUT2D eigenvalue weighted by Gasteiger charge is 2.11. The van der Waals surface area contributed by atoms with Crippen molar-refractivity contribution < 1.29 is 0 Å². The van der Waals surface area contributed by atoms with E-state index in [1.54, 1.807) is 4.68 Å². The second kappa shape index (κ2) is 4.64. The van der Waals surface area contributed by atoms with E-state index in [1.807, 2.05) is 31.3 Å². The molecule has 6 nitrogen and oxygen atoms in total. The van der Waals surface area contributed by atoms with Crippen LogP contribution in [-0.4, -0.2) is 19.3 Å². The molecule has 0 aliphatic carbocycles. The molecule has 0 spiro atoms. The van der Waals surface area contributed by atoms with Crippen molar-refractivity contribution in [2.45, 2.75) is 6.54 Å². The molecule has 0 saturated heterocycles. The summed E-state index contributed by atoms with van der Waals surface area (Å²) in [5.41, 5.74) is 6.98. The van der Waals surface area contributed by atoms with E-state index >= 15 is 0 Å². The maximum Gasteiger partial charge on any atom is 0.278 e. The minimum Gasteiger partial charge on any atom is -0.392 e. The summed E-state index contributed by atoms with van der Waals surface area (Å²) < 4.78 is 3.18. The van der Waals surface area contributed by atoms with Crippen LogP contribution in [0.3, 0.4) is 0 Å². The van der Waals surface area contributed by atoms with Gasteiger partial charge in [0.2, 0.25) is 0 Å². The fourth-order valence-corrected chi connectivity index (χ4v) is 2.29. The summed E-state index contributed by atoms with van der Waals surface area (Å²) in [6, 6.07) is 7.82. The van der Waals surface area contributed by atoms with E-state index < -0.39 is 0 Å². The zero-order valence-corrected chi connectivity index (χ0v) is 11.5. The second-order valence-electron chi connectivity index (χ2n) is 4.47. The largest absolute Gasteiger partial charge is 0.392 e. The van der Waals surface area contributed by atoms with Crippen molar-refractivity contribution in [3.05, 3.63) is 51.8 Å². The zero-order valence-electron chi connectivity index (χ0n) is 10.7. The Balaban J connectivity index is 2.11. The number of nitrogen functional groups attached to an aromatic ring is 1. The first-order valence-electron chi connectivity index (χ1n) is 5.99. The molecule has 3 aromatic rings. The quantitative estimate of drug-likeness (QED) is 0.724. The third-order valence-electron chi connectivity index (χ3n) is 3.18. The van der Waals surface area contributed by atoms with Gasteiger partial charge in [-0.25, -0.2) is 4.98 Å². The topological polar surface area (TPSA) is 78.7 Å². The van der Waals surface area contributed by atoms with Gasteiger partial charge in [-0.3, -0.25) is 14.0 Å². The van der Waals surface area contributed by atoms with Crippen LogP contribution in [0.15, 0.2) is 35.4 Å². The molecule has 0 aliphatic rings. The summed E-state index contributed by atoms with van der Waals surface area (Å²) in [6.07, 6.45) is 1.38. The summed E-state index contributed by atoms with van der Waals surface area (Å²) in [6.45, 7) is 0.300. The summed E-state index contributed by atoms with van der Waals surface area (Å²) in [5.74, 6) is 0. The molecule has 3 rings (SSSR count). The van der Waals surface area contributed by atoms with Crippen LogP contribution in [0, 0.1) is 0 Å². The minimum atomic E-state index is -0.361. The molecule has 7 heteroatoms. The van der Waals surface area contributed by atoms with Gasteiger partial charge in [0.05, 0.1) is 24.1 Å². The average molecular weight is 290 g/mol. The summed E-state index contributed by atoms with van der Waals surface area (Å²) in [7, 11) is 1.86. The van der Waals surface area contributed by atoms with Gasteiger partial charge in [-0.1, -0.05) is 29.8 Å². The molecule has 20 heavy (non-hydrogen) atoms. The lowest BCUT2D eigenvalue weighted by atomic mass is 10.2. The van der Waals surface area contributed by atoms with Gasteiger partial charge in [-0.05, 0) is 6.07 Å². The van der Waals surface area contributed by atoms with Crippen LogP contribution in [0.5, 0.6) is 0 Å². The molecule has 2 heterocycles. The monoisotopic (exact) mass is 289 g/mol. The van der Waals surface area contributed by atoms with E-state index in [2.05, 4.69) is 10.1 Å². The predicted molar refractivity (Wildman–Crippen MR) is 77.7 cm³/mol. The Hall–Kier alpha value is -2.34. The fraction of sp³-hybridized carbons (Fsp3) is 0.154. The number of rotatable bonds is 2. The zero-order chi connectivity index (χ0) is 14.3. The number of aromatic nitrogens is 4. The molecular weight excluding hydrogens is 278 g/mol. The number of anilines is 1. The van der Waals surface area contributed by atoms with Crippen LogP contribution in [0.4, 0.5) is 5.69 Å². The molecule has 0 unspecified atom stereocenters. The minimum absolute atomic E-state index is 0.0251. The lowest BCUT2D eigenvalue weighted by molar-refractivity contribution is 0.691. The third kappa shape index (κ3) is 1.94. The van der Waals surface area contributed by atoms with E-state index in [1.165, 1.54) is 10.9 Å². The standard InChI is InChI=1S/C13H12ClN5O/c1-18-10-5-3-2-4-8(10)9(17-18)6-19-7-16-12(14)11(15)13(19)20/h2-5,7H,6,15H2,1H3. The number of benzene rings is 1. The first-order chi connectivity index (χ1) is 9.58. The number of para-hydroxylation sites is 1. The Labute approximate surface area is 119 Å². The van der Waals surface area contributed by atoms with Crippen LogP contribution < -0.4 is 11.3 Å². The van der Waals surface area contributed by atoms with Crippen LogP contribution in [0.2, 0.25) is 5.15 Å². The molecule has 2 N–H and O–H groups in total. The molecular formula is C13H12ClN5O. The van der Waals surface area contributed by atoms with Gasteiger partial charge >= 0.3 is 0 Å². The van der Waals surface area contributed by atoms with Gasteiger partial charge in [0.15, 0.2) is 5.15 Å². The molecule has 0 bridgehead atoms. The van der Waals surface area contributed by atoms with Crippen molar-refractivity contribution in [1.29, 1.82) is 0 Å². The Morgan fingerprint density at radius 2 is 2.10 bits per heavy atom. The first kappa shape index (κ1) is 12.7. The maximum atomic E-state index is 12.0. The van der Waals surface area contributed by atoms with Crippen LogP contribution in [0.1, 0.15) is 5.69 Å². The van der Waals surface area contributed by atoms with Gasteiger partial charge in [0, 0.05) is 12.4 Å². The molecule has 1 aromatic carbocycles. The highest BCUT2D eigenvalue weighted by molar-refractivity contribution is 6.31. The summed E-state index contributed by atoms with van der Waals surface area (Å²) >= 11 is 5.72. The Morgan fingerprint density at radius 1 is 1.35 bits per heavy atom. The smallest absolute Gasteiger partial charge is 0.278 e. The molecule has 0 amide bonds. The van der Waals surface area contributed by atoms with Crippen LogP contribution >= 0.6 is 11.6 Å². The molecule has 0 saturated carbocycles. The highest BCUT2D eigenvalue weighted by Crippen LogP contribution is 2.18. The molecule has 2 aromatic heterocycles. The van der Waals surface area contributed by atoms with Crippen LogP contribution in [0.25, 0.3) is 10.9 Å². The average Bonchev–Trinajstić information content (AvgIpc) is 2.77. The van der Waals surface area contributed by atoms with Crippen molar-refractivity contribution in [3.63, 3.8) is 0 Å². The van der Waals surface area contributed by atoms with E-state index in [4.69, 9.17) is 17.3 Å². The number of nitrogens with two attached hydrogens (primary N) is 1. The number of halogens is 1. The molecule has 102 valence electrons. The van der Waals surface area contributed by atoms with Crippen LogP contribution in [-0.2, 0) is 13.6 Å². The summed E-state index contributed by atoms with van der Waals surface area (Å²) in [5, 5.41) is 5.45. The molecule has 0 fully saturated rings. The van der Waals surface area contributed by atoms with Gasteiger partial charge < -0.3 is 5.73 Å². The van der Waals surface area contributed by atoms with Gasteiger partial charge in [0.1, 0.15) is 5.69 Å². The Kier molecular flexibility index (Phi) is 2.94. The fourth-order valence-electron chi connectivity index (χ4n) is 2.16. The number of hydrogen-bond donors (Lipinski definition) is 1. The second-order valence-corrected chi connectivity index (χ2v) is 4.83. The summed E-state index contributed by atoms with van der Waals surface area (Å²) in [4.78, 5) is 15.9. The van der Waals surface area contributed by atoms with Crippen molar-refractivity contribution >= 4 is 28.2 Å². The van der Waals surface area contributed by atoms with Crippen molar-refractivity contribution in [3.8, 4) is 0 Å². The maximum absolute atomic E-state index is 12.0. The predicted octanol–water partition coefficient (Wildman–Crippen LogP) is 1.41. The van der Waals surface area contributed by atoms with E-state index in [0.29, 0.717) is 6.54 Å². The van der Waals surface area contributed by atoms with Gasteiger partial charge in [-0.2, -0.15) is 5.10 Å². The lowest BCUT2D eigenvalue weighted by Crippen LogP contribution is -2.24. The Morgan fingerprint density at radius 3 is 2.90 bits per heavy atom. The number of hydrogen-bond acceptors (Lipinski definition) is 4. The SMILES string of the molecule is Cn1nc(Cn2cnc(Cl)c(N)c2=O)c2ccccc21. The molecule has 0 radical (unpaired) electrons. The Bertz CT molecular complexity index is 852. The van der Waals surface area contributed by atoms with E-state index in [0.717, 1.165) is 16.6 Å². The van der Waals surface area contributed by atoms with E-state index in [9.17, 15) is 4.79 Å². The van der Waals surface area contributed by atoms with Crippen molar-refractivity contribution in [1.82, 2.24) is 19.3 Å².